The second-order valence-corrected chi connectivity index (χ2v) is 7.35. The number of aryl methyl sites for hydroxylation is 2. The summed E-state index contributed by atoms with van der Waals surface area (Å²) in [5.74, 6) is -0.705. The summed E-state index contributed by atoms with van der Waals surface area (Å²) in [6, 6.07) is 6.76. The fraction of sp³-hybridized carbons (Fsp3) is 0.611. The summed E-state index contributed by atoms with van der Waals surface area (Å²) < 4.78 is 0. The van der Waals surface area contributed by atoms with Crippen LogP contribution in [-0.4, -0.2) is 53.6 Å². The summed E-state index contributed by atoms with van der Waals surface area (Å²) in [6.45, 7) is 9.61. The Labute approximate surface area is 132 Å². The number of carboxylic acid groups (broad SMARTS) is 1. The van der Waals surface area contributed by atoms with Gasteiger partial charge in [0, 0.05) is 31.6 Å². The molecule has 0 atom stereocenters. The van der Waals surface area contributed by atoms with E-state index in [1.807, 2.05) is 0 Å². The van der Waals surface area contributed by atoms with Crippen molar-refractivity contribution in [3.05, 3.63) is 34.9 Å². The van der Waals surface area contributed by atoms with Gasteiger partial charge in [0.25, 0.3) is 0 Å². The number of piperidine rings is 1. The molecule has 3 rings (SSSR count). The first-order valence-corrected chi connectivity index (χ1v) is 8.18. The molecule has 120 valence electrons. The third-order valence-electron chi connectivity index (χ3n) is 4.91. The van der Waals surface area contributed by atoms with Gasteiger partial charge in [-0.25, -0.2) is 0 Å². The average Bonchev–Trinajstić information content (AvgIpc) is 2.35. The minimum Gasteiger partial charge on any atom is -0.480 e. The van der Waals surface area contributed by atoms with Crippen LogP contribution >= 0.6 is 0 Å². The summed E-state index contributed by atoms with van der Waals surface area (Å²) >= 11 is 0. The van der Waals surface area contributed by atoms with Gasteiger partial charge in [-0.1, -0.05) is 29.3 Å². The fourth-order valence-electron chi connectivity index (χ4n) is 4.33. The van der Waals surface area contributed by atoms with Crippen molar-refractivity contribution in [3.8, 4) is 0 Å². The first-order valence-electron chi connectivity index (χ1n) is 8.18. The standard InChI is InChI=1S/C18H26N2O2/c1-14-6-15(2)8-16(7-14)9-20-12-18(13-20)4-3-5-19(11-18)10-17(21)22/h6-8H,3-5,9-13H2,1-2H3,(H,21,22). The molecule has 0 saturated carbocycles. The van der Waals surface area contributed by atoms with E-state index in [1.54, 1.807) is 0 Å². The van der Waals surface area contributed by atoms with Crippen molar-refractivity contribution in [1.82, 2.24) is 9.80 Å². The maximum atomic E-state index is 10.9. The van der Waals surface area contributed by atoms with Gasteiger partial charge in [-0.05, 0) is 38.8 Å². The van der Waals surface area contributed by atoms with Crippen LogP contribution in [0.3, 0.4) is 0 Å². The Kier molecular flexibility index (Phi) is 4.24. The SMILES string of the molecule is Cc1cc(C)cc(CN2CC3(CCCN(CC(=O)O)C3)C2)c1. The lowest BCUT2D eigenvalue weighted by atomic mass is 9.73. The lowest BCUT2D eigenvalue weighted by Gasteiger charge is -2.54. The first-order chi connectivity index (χ1) is 10.4. The lowest BCUT2D eigenvalue weighted by molar-refractivity contribution is -0.140. The number of nitrogens with zero attached hydrogens (tertiary/aromatic N) is 2. The predicted molar refractivity (Wildman–Crippen MR) is 86.9 cm³/mol. The van der Waals surface area contributed by atoms with Crippen LogP contribution in [0, 0.1) is 19.3 Å². The third-order valence-corrected chi connectivity index (χ3v) is 4.91. The van der Waals surface area contributed by atoms with Gasteiger partial charge in [0.1, 0.15) is 0 Å². The molecule has 1 aromatic rings. The van der Waals surface area contributed by atoms with E-state index in [2.05, 4.69) is 41.8 Å². The molecule has 0 amide bonds. The van der Waals surface area contributed by atoms with E-state index in [9.17, 15) is 4.79 Å². The average molecular weight is 302 g/mol. The summed E-state index contributed by atoms with van der Waals surface area (Å²) in [4.78, 5) is 15.5. The molecule has 2 heterocycles. The predicted octanol–water partition coefficient (Wildman–Crippen LogP) is 2.29. The highest BCUT2D eigenvalue weighted by Crippen LogP contribution is 2.39. The highest BCUT2D eigenvalue weighted by Gasteiger charge is 2.45. The largest absolute Gasteiger partial charge is 0.480 e. The second kappa shape index (κ2) is 6.01. The molecule has 22 heavy (non-hydrogen) atoms. The maximum Gasteiger partial charge on any atom is 0.317 e. The third kappa shape index (κ3) is 3.50. The van der Waals surface area contributed by atoms with Crippen molar-refractivity contribution >= 4 is 5.97 Å². The molecule has 2 aliphatic heterocycles. The number of carboxylic acids is 1. The van der Waals surface area contributed by atoms with E-state index in [0.717, 1.165) is 39.1 Å². The number of rotatable bonds is 4. The Morgan fingerprint density at radius 2 is 1.77 bits per heavy atom. The van der Waals surface area contributed by atoms with Crippen molar-refractivity contribution in [2.45, 2.75) is 33.2 Å². The van der Waals surface area contributed by atoms with Crippen LogP contribution in [0.2, 0.25) is 0 Å². The van der Waals surface area contributed by atoms with Crippen LogP contribution in [0.15, 0.2) is 18.2 Å². The van der Waals surface area contributed by atoms with Gasteiger partial charge in [0.2, 0.25) is 0 Å². The molecule has 4 nitrogen and oxygen atoms in total. The van der Waals surface area contributed by atoms with Crippen LogP contribution in [0.5, 0.6) is 0 Å². The van der Waals surface area contributed by atoms with Crippen molar-refractivity contribution in [1.29, 1.82) is 0 Å². The van der Waals surface area contributed by atoms with Crippen LogP contribution in [0.25, 0.3) is 0 Å². The summed E-state index contributed by atoms with van der Waals surface area (Å²) in [7, 11) is 0. The molecular weight excluding hydrogens is 276 g/mol. The molecule has 1 aromatic carbocycles. The Hall–Kier alpha value is -1.39. The van der Waals surface area contributed by atoms with Crippen molar-refractivity contribution in [3.63, 3.8) is 0 Å². The molecule has 1 spiro atoms. The van der Waals surface area contributed by atoms with E-state index in [-0.39, 0.29) is 6.54 Å². The molecule has 4 heteroatoms. The zero-order chi connectivity index (χ0) is 15.7. The van der Waals surface area contributed by atoms with Crippen LogP contribution < -0.4 is 0 Å². The Morgan fingerprint density at radius 3 is 2.41 bits per heavy atom. The van der Waals surface area contributed by atoms with Gasteiger partial charge in [0.15, 0.2) is 0 Å². The number of hydrogen-bond donors (Lipinski definition) is 1. The van der Waals surface area contributed by atoms with Crippen molar-refractivity contribution in [2.24, 2.45) is 5.41 Å². The number of benzene rings is 1. The number of carbonyl (C=O) groups is 1. The van der Waals surface area contributed by atoms with Gasteiger partial charge in [-0.2, -0.15) is 0 Å². The quantitative estimate of drug-likeness (QED) is 0.927. The Balaban J connectivity index is 1.55. The zero-order valence-corrected chi connectivity index (χ0v) is 13.6. The molecule has 2 fully saturated rings. The lowest BCUT2D eigenvalue weighted by Crippen LogP contribution is -2.62. The summed E-state index contributed by atoms with van der Waals surface area (Å²) in [5.41, 5.74) is 4.39. The van der Waals surface area contributed by atoms with Crippen LogP contribution in [0.1, 0.15) is 29.5 Å². The monoisotopic (exact) mass is 302 g/mol. The van der Waals surface area contributed by atoms with E-state index < -0.39 is 5.97 Å². The van der Waals surface area contributed by atoms with E-state index in [0.29, 0.717) is 5.41 Å². The van der Waals surface area contributed by atoms with E-state index in [1.165, 1.54) is 23.1 Å². The zero-order valence-electron chi connectivity index (χ0n) is 13.6. The number of likely N-dealkylation sites (tertiary alicyclic amines) is 2. The highest BCUT2D eigenvalue weighted by atomic mass is 16.4. The smallest absolute Gasteiger partial charge is 0.317 e. The second-order valence-electron chi connectivity index (χ2n) is 7.35. The molecule has 2 aliphatic rings. The minimum absolute atomic E-state index is 0.193. The minimum atomic E-state index is -0.705. The number of hydrogen-bond acceptors (Lipinski definition) is 3. The van der Waals surface area contributed by atoms with E-state index >= 15 is 0 Å². The number of aliphatic carboxylic acids is 1. The summed E-state index contributed by atoms with van der Waals surface area (Å²) in [6.07, 6.45) is 2.37. The van der Waals surface area contributed by atoms with Crippen molar-refractivity contribution in [2.75, 3.05) is 32.7 Å². The molecular formula is C18H26N2O2. The van der Waals surface area contributed by atoms with Crippen molar-refractivity contribution < 1.29 is 9.90 Å². The molecule has 0 bridgehead atoms. The summed E-state index contributed by atoms with van der Waals surface area (Å²) in [5, 5.41) is 8.97. The Morgan fingerprint density at radius 1 is 1.14 bits per heavy atom. The molecule has 0 aliphatic carbocycles. The van der Waals surface area contributed by atoms with Gasteiger partial charge < -0.3 is 5.11 Å². The van der Waals surface area contributed by atoms with Crippen LogP contribution in [-0.2, 0) is 11.3 Å². The molecule has 0 aromatic heterocycles. The maximum absolute atomic E-state index is 10.9. The Bertz CT molecular complexity index is 544. The molecule has 2 saturated heterocycles. The fourth-order valence-corrected chi connectivity index (χ4v) is 4.33. The van der Waals surface area contributed by atoms with Gasteiger partial charge in [0.05, 0.1) is 6.54 Å². The molecule has 1 N–H and O–H groups in total. The van der Waals surface area contributed by atoms with Gasteiger partial charge in [-0.3, -0.25) is 14.6 Å². The van der Waals surface area contributed by atoms with Gasteiger partial charge >= 0.3 is 5.97 Å². The first kappa shape index (κ1) is 15.5. The molecule has 0 radical (unpaired) electrons. The topological polar surface area (TPSA) is 43.8 Å². The van der Waals surface area contributed by atoms with E-state index in [4.69, 9.17) is 5.11 Å². The highest BCUT2D eigenvalue weighted by molar-refractivity contribution is 5.69. The van der Waals surface area contributed by atoms with Crippen LogP contribution in [0.4, 0.5) is 0 Å². The van der Waals surface area contributed by atoms with Gasteiger partial charge in [-0.15, -0.1) is 0 Å². The molecule has 0 unspecified atom stereocenters. The normalized spacial score (nSPS) is 21.7.